The van der Waals surface area contributed by atoms with Crippen LogP contribution in [0.4, 0.5) is 5.82 Å². The highest BCUT2D eigenvalue weighted by atomic mass is 15.2. The highest BCUT2D eigenvalue weighted by Gasteiger charge is 2.21. The first-order valence-electron chi connectivity index (χ1n) is 7.57. The lowest BCUT2D eigenvalue weighted by Gasteiger charge is -2.22. The Kier molecular flexibility index (Phi) is 3.97. The molecule has 0 radical (unpaired) electrons. The summed E-state index contributed by atoms with van der Waals surface area (Å²) in [5.41, 5.74) is 1.06. The Balaban J connectivity index is 1.56. The van der Waals surface area contributed by atoms with Crippen molar-refractivity contribution in [2.45, 2.75) is 51.1 Å². The largest absolute Gasteiger partial charge is 0.358 e. The number of nitrogens with one attached hydrogen (secondary N) is 1. The molecule has 1 aromatic rings. The Morgan fingerprint density at radius 1 is 1.21 bits per heavy atom. The zero-order valence-corrected chi connectivity index (χ0v) is 11.8. The van der Waals surface area contributed by atoms with E-state index in [1.165, 1.54) is 38.5 Å². The molecule has 0 amide bonds. The van der Waals surface area contributed by atoms with E-state index in [9.17, 15) is 0 Å². The summed E-state index contributed by atoms with van der Waals surface area (Å²) in [6.45, 7) is 1.97. The van der Waals surface area contributed by atoms with Gasteiger partial charge in [0.15, 0.2) is 0 Å². The van der Waals surface area contributed by atoms with Crippen molar-refractivity contribution in [3.8, 4) is 0 Å². The Hall–Kier alpha value is -1.16. The Labute approximate surface area is 115 Å². The molecule has 4 heteroatoms. The van der Waals surface area contributed by atoms with Gasteiger partial charge in [-0.25, -0.2) is 4.98 Å². The molecule has 3 rings (SSSR count). The predicted molar refractivity (Wildman–Crippen MR) is 77.1 cm³/mol. The third-order valence-corrected chi connectivity index (χ3v) is 4.22. The highest BCUT2D eigenvalue weighted by molar-refractivity contribution is 5.35. The van der Waals surface area contributed by atoms with Crippen molar-refractivity contribution in [2.24, 2.45) is 5.92 Å². The predicted octanol–water partition coefficient (Wildman–Crippen LogP) is 2.36. The summed E-state index contributed by atoms with van der Waals surface area (Å²) in [6.07, 6.45) is 11.9. The zero-order chi connectivity index (χ0) is 13.1. The number of hydrogen-bond acceptors (Lipinski definition) is 4. The molecule has 0 spiro atoms. The van der Waals surface area contributed by atoms with E-state index in [0.29, 0.717) is 0 Å². The molecule has 0 aromatic carbocycles. The van der Waals surface area contributed by atoms with Gasteiger partial charge in [-0.1, -0.05) is 12.8 Å². The minimum Gasteiger partial charge on any atom is -0.358 e. The Bertz CT molecular complexity index is 410. The molecule has 4 nitrogen and oxygen atoms in total. The lowest BCUT2D eigenvalue weighted by Crippen LogP contribution is -2.25. The molecule has 0 atom stereocenters. The van der Waals surface area contributed by atoms with Crippen molar-refractivity contribution in [2.75, 3.05) is 18.5 Å². The molecule has 0 aliphatic heterocycles. The molecule has 0 unspecified atom stereocenters. The molecule has 19 heavy (non-hydrogen) atoms. The van der Waals surface area contributed by atoms with E-state index in [0.717, 1.165) is 36.6 Å². The summed E-state index contributed by atoms with van der Waals surface area (Å²) < 4.78 is 0. The number of rotatable bonds is 6. The Morgan fingerprint density at radius 2 is 2.00 bits per heavy atom. The number of hydrogen-bond donors (Lipinski definition) is 1. The first-order chi connectivity index (χ1) is 9.31. The SMILES string of the molecule is CN(CC1CCCC1)c1cncc(CNC2CC2)n1. The third kappa shape index (κ3) is 3.66. The van der Waals surface area contributed by atoms with Gasteiger partial charge in [0.2, 0.25) is 0 Å². The van der Waals surface area contributed by atoms with Gasteiger partial charge in [-0.2, -0.15) is 0 Å². The minimum absolute atomic E-state index is 0.724. The summed E-state index contributed by atoms with van der Waals surface area (Å²) in [5, 5.41) is 3.49. The van der Waals surface area contributed by atoms with Gasteiger partial charge in [-0.3, -0.25) is 4.98 Å². The van der Waals surface area contributed by atoms with Crippen LogP contribution in [0.25, 0.3) is 0 Å². The fourth-order valence-corrected chi connectivity index (χ4v) is 2.87. The van der Waals surface area contributed by atoms with Crippen LogP contribution < -0.4 is 10.2 Å². The average molecular weight is 260 g/mol. The quantitative estimate of drug-likeness (QED) is 0.852. The maximum absolute atomic E-state index is 4.72. The second-order valence-electron chi connectivity index (χ2n) is 6.05. The van der Waals surface area contributed by atoms with Crippen LogP contribution in [0.5, 0.6) is 0 Å². The van der Waals surface area contributed by atoms with E-state index in [2.05, 4.69) is 22.2 Å². The van der Waals surface area contributed by atoms with Gasteiger partial charge in [0.1, 0.15) is 5.82 Å². The van der Waals surface area contributed by atoms with Crippen LogP contribution in [0, 0.1) is 5.92 Å². The second-order valence-corrected chi connectivity index (χ2v) is 6.05. The van der Waals surface area contributed by atoms with Gasteiger partial charge in [0.05, 0.1) is 11.9 Å². The highest BCUT2D eigenvalue weighted by Crippen LogP contribution is 2.26. The van der Waals surface area contributed by atoms with Gasteiger partial charge in [-0.05, 0) is 31.6 Å². The van der Waals surface area contributed by atoms with Crippen molar-refractivity contribution in [1.29, 1.82) is 0 Å². The van der Waals surface area contributed by atoms with E-state index in [1.807, 2.05) is 12.4 Å². The van der Waals surface area contributed by atoms with E-state index >= 15 is 0 Å². The van der Waals surface area contributed by atoms with Crippen molar-refractivity contribution in [3.63, 3.8) is 0 Å². The van der Waals surface area contributed by atoms with E-state index in [4.69, 9.17) is 4.98 Å². The summed E-state index contributed by atoms with van der Waals surface area (Å²) in [4.78, 5) is 11.3. The second kappa shape index (κ2) is 5.87. The third-order valence-electron chi connectivity index (χ3n) is 4.22. The Morgan fingerprint density at radius 3 is 2.74 bits per heavy atom. The van der Waals surface area contributed by atoms with E-state index < -0.39 is 0 Å². The lowest BCUT2D eigenvalue weighted by molar-refractivity contribution is 0.544. The first-order valence-corrected chi connectivity index (χ1v) is 7.57. The van der Waals surface area contributed by atoms with Crippen LogP contribution in [0.3, 0.4) is 0 Å². The van der Waals surface area contributed by atoms with Gasteiger partial charge < -0.3 is 10.2 Å². The maximum atomic E-state index is 4.72. The molecule has 1 N–H and O–H groups in total. The fraction of sp³-hybridized carbons (Fsp3) is 0.733. The molecule has 1 heterocycles. The normalized spacial score (nSPS) is 19.8. The van der Waals surface area contributed by atoms with Crippen LogP contribution >= 0.6 is 0 Å². The van der Waals surface area contributed by atoms with Crippen LogP contribution in [-0.2, 0) is 6.54 Å². The topological polar surface area (TPSA) is 41.1 Å². The molecule has 0 saturated heterocycles. The molecule has 2 aliphatic rings. The number of nitrogens with zero attached hydrogens (tertiary/aromatic N) is 3. The van der Waals surface area contributed by atoms with Crippen LogP contribution in [0.15, 0.2) is 12.4 Å². The van der Waals surface area contributed by atoms with Gasteiger partial charge in [0.25, 0.3) is 0 Å². The maximum Gasteiger partial charge on any atom is 0.147 e. The molecular formula is C15H24N4. The lowest BCUT2D eigenvalue weighted by atomic mass is 10.1. The van der Waals surface area contributed by atoms with Crippen LogP contribution in [0.2, 0.25) is 0 Å². The van der Waals surface area contributed by atoms with Crippen molar-refractivity contribution < 1.29 is 0 Å². The molecule has 1 aromatic heterocycles. The van der Waals surface area contributed by atoms with Crippen molar-refractivity contribution in [1.82, 2.24) is 15.3 Å². The average Bonchev–Trinajstić information content (AvgIpc) is 3.13. The molecule has 0 bridgehead atoms. The fourth-order valence-electron chi connectivity index (χ4n) is 2.87. The van der Waals surface area contributed by atoms with E-state index in [1.54, 1.807) is 0 Å². The minimum atomic E-state index is 0.724. The smallest absolute Gasteiger partial charge is 0.147 e. The van der Waals surface area contributed by atoms with Crippen molar-refractivity contribution >= 4 is 5.82 Å². The molecule has 2 aliphatic carbocycles. The van der Waals surface area contributed by atoms with Crippen molar-refractivity contribution in [3.05, 3.63) is 18.1 Å². The number of anilines is 1. The molecule has 2 saturated carbocycles. The van der Waals surface area contributed by atoms with E-state index in [-0.39, 0.29) is 0 Å². The molecular weight excluding hydrogens is 236 g/mol. The summed E-state index contributed by atoms with van der Waals surface area (Å²) in [7, 11) is 2.14. The summed E-state index contributed by atoms with van der Waals surface area (Å²) >= 11 is 0. The molecule has 104 valence electrons. The monoisotopic (exact) mass is 260 g/mol. The van der Waals surface area contributed by atoms with Crippen LogP contribution in [-0.4, -0.2) is 29.6 Å². The first kappa shape index (κ1) is 12.9. The summed E-state index contributed by atoms with van der Waals surface area (Å²) in [6, 6.07) is 0.724. The van der Waals surface area contributed by atoms with Gasteiger partial charge in [0, 0.05) is 32.4 Å². The van der Waals surface area contributed by atoms with Crippen LogP contribution in [0.1, 0.15) is 44.2 Å². The zero-order valence-electron chi connectivity index (χ0n) is 11.8. The van der Waals surface area contributed by atoms with Gasteiger partial charge in [-0.15, -0.1) is 0 Å². The number of aromatic nitrogens is 2. The standard InChI is InChI=1S/C15H24N4/c1-19(11-12-4-2-3-5-12)15-10-16-8-14(18-15)9-17-13-6-7-13/h8,10,12-13,17H,2-7,9,11H2,1H3. The summed E-state index contributed by atoms with van der Waals surface area (Å²) in [5.74, 6) is 1.86. The van der Waals surface area contributed by atoms with Gasteiger partial charge >= 0.3 is 0 Å². The molecule has 2 fully saturated rings.